The number of nitrogens with zero attached hydrogens (tertiary/aromatic N) is 1. The summed E-state index contributed by atoms with van der Waals surface area (Å²) in [5, 5.41) is 8.50. The zero-order valence-corrected chi connectivity index (χ0v) is 21.9. The summed E-state index contributed by atoms with van der Waals surface area (Å²) >= 11 is 5.97. The fourth-order valence-electron chi connectivity index (χ4n) is 4.36. The lowest BCUT2D eigenvalue weighted by Crippen LogP contribution is -2.39. The molecule has 2 N–H and O–H groups in total. The fraction of sp³-hybridized carbons (Fsp3) is 0.440. The van der Waals surface area contributed by atoms with Gasteiger partial charge in [-0.2, -0.15) is 31.1 Å². The number of aromatic nitrogens is 1. The second kappa shape index (κ2) is 10.2. The van der Waals surface area contributed by atoms with Crippen molar-refractivity contribution in [3.05, 3.63) is 59.5 Å². The predicted octanol–water partition coefficient (Wildman–Crippen LogP) is 6.39. The van der Waals surface area contributed by atoms with Crippen molar-refractivity contribution in [1.82, 2.24) is 9.29 Å². The van der Waals surface area contributed by atoms with Crippen molar-refractivity contribution in [3.8, 4) is 11.1 Å². The second-order valence-corrected chi connectivity index (χ2v) is 12.3. The first-order chi connectivity index (χ1) is 18.0. The van der Waals surface area contributed by atoms with E-state index in [0.29, 0.717) is 6.07 Å². The van der Waals surface area contributed by atoms with Crippen LogP contribution in [-0.4, -0.2) is 42.0 Å². The van der Waals surface area contributed by atoms with Gasteiger partial charge in [0.1, 0.15) is 11.9 Å². The summed E-state index contributed by atoms with van der Waals surface area (Å²) in [6, 6.07) is 3.10. The molecule has 1 aromatic heterocycles. The van der Waals surface area contributed by atoms with Crippen LogP contribution in [0.4, 0.5) is 30.7 Å². The predicted molar refractivity (Wildman–Crippen MR) is 132 cm³/mol. The van der Waals surface area contributed by atoms with Crippen molar-refractivity contribution in [2.24, 2.45) is 5.41 Å². The lowest BCUT2D eigenvalue weighted by molar-refractivity contribution is -0.152. The van der Waals surface area contributed by atoms with Crippen LogP contribution in [0.2, 0.25) is 0 Å². The molecule has 1 aliphatic carbocycles. The minimum atomic E-state index is -5.13. The van der Waals surface area contributed by atoms with Crippen LogP contribution >= 0.6 is 11.6 Å². The van der Waals surface area contributed by atoms with Crippen LogP contribution < -0.4 is 4.72 Å². The average molecular weight is 601 g/mol. The van der Waals surface area contributed by atoms with Gasteiger partial charge in [0.25, 0.3) is 0 Å². The largest absolute Gasteiger partial charge is 0.417 e. The number of nitrogens with one attached hydrogen (secondary N) is 1. The van der Waals surface area contributed by atoms with E-state index in [2.05, 4.69) is 0 Å². The van der Waals surface area contributed by atoms with Gasteiger partial charge >= 0.3 is 12.4 Å². The van der Waals surface area contributed by atoms with Crippen LogP contribution in [0.15, 0.2) is 42.6 Å². The van der Waals surface area contributed by atoms with E-state index in [-0.39, 0.29) is 36.2 Å². The Kier molecular flexibility index (Phi) is 7.78. The topological polar surface area (TPSA) is 71.3 Å². The first kappa shape index (κ1) is 29.6. The first-order valence-electron chi connectivity index (χ1n) is 11.7. The van der Waals surface area contributed by atoms with Gasteiger partial charge < -0.3 is 9.67 Å². The molecule has 1 saturated carbocycles. The molecule has 2 aromatic carbocycles. The van der Waals surface area contributed by atoms with Crippen molar-refractivity contribution in [1.29, 1.82) is 0 Å². The van der Waals surface area contributed by atoms with Gasteiger partial charge in [0.05, 0.1) is 17.4 Å². The number of benzene rings is 2. The van der Waals surface area contributed by atoms with Gasteiger partial charge in [-0.3, -0.25) is 0 Å². The van der Waals surface area contributed by atoms with Gasteiger partial charge in [0.2, 0.25) is 10.0 Å². The summed E-state index contributed by atoms with van der Waals surface area (Å²) in [6.07, 6.45) is -8.61. The van der Waals surface area contributed by atoms with Crippen LogP contribution in [-0.2, 0) is 22.7 Å². The Bertz CT molecular complexity index is 1480. The number of halogens is 8. The number of alkyl halides is 7. The number of fused-ring (bicyclic) bond motifs is 1. The quantitative estimate of drug-likeness (QED) is 0.221. The molecule has 214 valence electrons. The monoisotopic (exact) mass is 600 g/mol. The van der Waals surface area contributed by atoms with Crippen LogP contribution in [0.1, 0.15) is 36.9 Å². The average Bonchev–Trinajstić information content (AvgIpc) is 3.66. The Morgan fingerprint density at radius 1 is 1.10 bits per heavy atom. The summed E-state index contributed by atoms with van der Waals surface area (Å²) < 4.78 is 127. The summed E-state index contributed by atoms with van der Waals surface area (Å²) in [4.78, 5) is 0. The van der Waals surface area contributed by atoms with Crippen LogP contribution in [0.25, 0.3) is 22.0 Å². The second-order valence-electron chi connectivity index (χ2n) is 10.0. The number of hydrogen-bond acceptors (Lipinski definition) is 3. The molecule has 39 heavy (non-hydrogen) atoms. The van der Waals surface area contributed by atoms with Gasteiger partial charge in [-0.1, -0.05) is 25.1 Å². The normalized spacial score (nSPS) is 17.4. The van der Waals surface area contributed by atoms with Crippen molar-refractivity contribution < 1.29 is 44.3 Å². The highest BCUT2D eigenvalue weighted by Gasteiger charge is 2.48. The molecule has 5 nitrogen and oxygen atoms in total. The Morgan fingerprint density at radius 2 is 1.74 bits per heavy atom. The van der Waals surface area contributed by atoms with Crippen molar-refractivity contribution in [3.63, 3.8) is 0 Å². The molecule has 4 rings (SSSR count). The Balaban J connectivity index is 1.98. The Labute approximate surface area is 224 Å². The third kappa shape index (κ3) is 6.06. The molecule has 14 heteroatoms. The molecule has 3 aromatic rings. The molecular formula is C25H24ClF7N2O3S. The van der Waals surface area contributed by atoms with E-state index in [1.807, 2.05) is 0 Å². The van der Waals surface area contributed by atoms with E-state index in [9.17, 15) is 39.9 Å². The lowest BCUT2D eigenvalue weighted by atomic mass is 9.94. The van der Waals surface area contributed by atoms with Gasteiger partial charge in [-0.25, -0.2) is 12.8 Å². The molecule has 1 unspecified atom stereocenters. The zero-order chi connectivity index (χ0) is 29.0. The van der Waals surface area contributed by atoms with Gasteiger partial charge in [-0.05, 0) is 36.6 Å². The Hall–Kier alpha value is -2.35. The van der Waals surface area contributed by atoms with Gasteiger partial charge in [-0.15, -0.1) is 11.6 Å². The SMILES string of the molecule is CC(CO)(CCl)Cn1cc([C@H](NS(=O)(=O)C2CC2)C(F)(F)F)c2cc(F)c(-c3ccccc3C(F)(F)F)cc21. The molecule has 2 atom stereocenters. The summed E-state index contributed by atoms with van der Waals surface area (Å²) in [7, 11) is -4.36. The zero-order valence-electron chi connectivity index (χ0n) is 20.4. The minimum absolute atomic E-state index is 0.0944. The van der Waals surface area contributed by atoms with E-state index >= 15 is 4.39 Å². The van der Waals surface area contributed by atoms with E-state index in [1.165, 1.54) is 17.6 Å². The molecule has 1 fully saturated rings. The minimum Gasteiger partial charge on any atom is -0.396 e. The highest BCUT2D eigenvalue weighted by Crippen LogP contribution is 2.43. The summed E-state index contributed by atoms with van der Waals surface area (Å²) in [6.45, 7) is 0.842. The molecule has 0 aliphatic heterocycles. The number of sulfonamides is 1. The van der Waals surface area contributed by atoms with E-state index in [4.69, 9.17) is 11.6 Å². The van der Waals surface area contributed by atoms with Crippen molar-refractivity contribution in [2.75, 3.05) is 12.5 Å². The highest BCUT2D eigenvalue weighted by atomic mass is 35.5. The van der Waals surface area contributed by atoms with E-state index in [0.717, 1.165) is 30.5 Å². The lowest BCUT2D eigenvalue weighted by Gasteiger charge is -2.25. The molecule has 1 heterocycles. The van der Waals surface area contributed by atoms with Crippen molar-refractivity contribution in [2.45, 2.75) is 50.0 Å². The number of rotatable bonds is 9. The van der Waals surface area contributed by atoms with Crippen LogP contribution in [0.5, 0.6) is 0 Å². The maximum absolute atomic E-state index is 15.4. The molecule has 0 radical (unpaired) electrons. The number of aliphatic hydroxyl groups is 1. The summed E-state index contributed by atoms with van der Waals surface area (Å²) in [5.41, 5.74) is -3.99. The van der Waals surface area contributed by atoms with Gasteiger partial charge in [0, 0.05) is 46.1 Å². The Morgan fingerprint density at radius 3 is 2.28 bits per heavy atom. The molecule has 0 bridgehead atoms. The van der Waals surface area contributed by atoms with Crippen LogP contribution in [0, 0.1) is 11.2 Å². The number of aliphatic hydroxyl groups excluding tert-OH is 1. The van der Waals surface area contributed by atoms with Crippen LogP contribution in [0.3, 0.4) is 0 Å². The number of hydrogen-bond donors (Lipinski definition) is 2. The highest BCUT2D eigenvalue weighted by molar-refractivity contribution is 7.90. The molecule has 0 spiro atoms. The van der Waals surface area contributed by atoms with Gasteiger partial charge in [0.15, 0.2) is 0 Å². The molecule has 0 saturated heterocycles. The third-order valence-corrected chi connectivity index (χ3v) is 9.22. The summed E-state index contributed by atoms with van der Waals surface area (Å²) in [5.74, 6) is -1.37. The van der Waals surface area contributed by atoms with E-state index in [1.54, 1.807) is 4.72 Å². The maximum atomic E-state index is 15.4. The smallest absolute Gasteiger partial charge is 0.396 e. The molecular weight excluding hydrogens is 577 g/mol. The fourth-order valence-corrected chi connectivity index (χ4v) is 6.07. The third-order valence-electron chi connectivity index (χ3n) is 6.66. The molecule has 0 amide bonds. The first-order valence-corrected chi connectivity index (χ1v) is 13.8. The standard InChI is InChI=1S/C25H24ClF7N2O3S/c1-23(11-26,13-36)12-35-10-18(22(25(31,32)33)34-39(37,38)14-6-7-14)17-8-20(27)16(9-21(17)35)15-4-2-3-5-19(15)24(28,29)30/h2-5,8-10,14,22,34,36H,6-7,11-13H2,1H3/t22-,23?/m0/s1. The van der Waals surface area contributed by atoms with Crippen molar-refractivity contribution >= 4 is 32.5 Å². The molecule has 1 aliphatic rings. The maximum Gasteiger partial charge on any atom is 0.417 e. The van der Waals surface area contributed by atoms with E-state index < -0.39 is 73.8 Å².